The van der Waals surface area contributed by atoms with Crippen LogP contribution >= 0.6 is 0 Å². The van der Waals surface area contributed by atoms with Crippen molar-refractivity contribution in [3.05, 3.63) is 65.7 Å². The molecule has 0 fully saturated rings. The molecule has 0 heterocycles. The first-order valence-electron chi connectivity index (χ1n) is 10.4. The Balaban J connectivity index is 2.24. The first-order chi connectivity index (χ1) is 16.0. The van der Waals surface area contributed by atoms with Gasteiger partial charge in [-0.05, 0) is 22.8 Å². The number of methoxy groups -OCH3 is 5. The van der Waals surface area contributed by atoms with E-state index in [1.807, 2.05) is 42.5 Å². The number of fused-ring (bicyclic) bond motifs is 1. The molecule has 33 heavy (non-hydrogen) atoms. The maximum atomic E-state index is 12.5. The summed E-state index contributed by atoms with van der Waals surface area (Å²) in [5, 5.41) is 2.10. The van der Waals surface area contributed by atoms with E-state index in [1.54, 1.807) is 33.5 Å². The molecule has 3 aromatic carbocycles. The van der Waals surface area contributed by atoms with E-state index in [1.165, 1.54) is 14.2 Å². The van der Waals surface area contributed by atoms with Crippen LogP contribution in [-0.2, 0) is 19.1 Å². The summed E-state index contributed by atoms with van der Waals surface area (Å²) in [5.41, 5.74) is 1.57. The molecule has 7 heteroatoms. The number of ether oxygens (including phenoxy) is 5. The molecule has 0 saturated carbocycles. The van der Waals surface area contributed by atoms with Gasteiger partial charge in [-0.3, -0.25) is 9.59 Å². The average Bonchev–Trinajstić information content (AvgIpc) is 2.87. The predicted octanol–water partition coefficient (Wildman–Crippen LogP) is 4.35. The van der Waals surface area contributed by atoms with Crippen molar-refractivity contribution in [1.82, 2.24) is 0 Å². The summed E-state index contributed by atoms with van der Waals surface area (Å²) in [6, 6.07) is 17.5. The maximum absolute atomic E-state index is 12.5. The number of carbonyl (C=O) groups excluding carboxylic acids is 2. The minimum atomic E-state index is -1.13. The second-order valence-corrected chi connectivity index (χ2v) is 7.44. The molecule has 0 aliphatic heterocycles. The highest BCUT2D eigenvalue weighted by Crippen LogP contribution is 2.45. The van der Waals surface area contributed by atoms with Gasteiger partial charge in [0.2, 0.25) is 0 Å². The van der Waals surface area contributed by atoms with Crippen LogP contribution in [0.25, 0.3) is 10.8 Å². The van der Waals surface area contributed by atoms with E-state index in [0.717, 1.165) is 16.3 Å². The molecule has 0 radical (unpaired) electrons. The summed E-state index contributed by atoms with van der Waals surface area (Å²) in [6.07, 6.45) is 0.0940. The van der Waals surface area contributed by atoms with Gasteiger partial charge in [0, 0.05) is 23.6 Å². The molecule has 0 aromatic heterocycles. The molecule has 3 rings (SSSR count). The monoisotopic (exact) mass is 452 g/mol. The van der Waals surface area contributed by atoms with Crippen molar-refractivity contribution in [3.63, 3.8) is 0 Å². The lowest BCUT2D eigenvalue weighted by Gasteiger charge is -2.26. The Bertz CT molecular complexity index is 1100. The standard InChI is InChI=1S/C26H28O7/c1-29-19-13-22(30-2)24(23(14-19)31-3)20(15-21(25(27)32-4)26(28)33-5)18-11-10-16-8-6-7-9-17(16)12-18/h6-14,20-21H,15H2,1-5H3. The lowest BCUT2D eigenvalue weighted by atomic mass is 9.81. The van der Waals surface area contributed by atoms with E-state index in [-0.39, 0.29) is 6.42 Å². The number of hydrogen-bond acceptors (Lipinski definition) is 7. The second-order valence-electron chi connectivity index (χ2n) is 7.44. The summed E-state index contributed by atoms with van der Waals surface area (Å²) >= 11 is 0. The zero-order valence-electron chi connectivity index (χ0n) is 19.4. The molecule has 0 amide bonds. The Hall–Kier alpha value is -3.74. The number of hydrogen-bond donors (Lipinski definition) is 0. The van der Waals surface area contributed by atoms with Crippen LogP contribution in [0.1, 0.15) is 23.5 Å². The minimum Gasteiger partial charge on any atom is -0.496 e. The molecule has 0 aliphatic rings. The van der Waals surface area contributed by atoms with Gasteiger partial charge >= 0.3 is 11.9 Å². The van der Waals surface area contributed by atoms with Gasteiger partial charge in [0.15, 0.2) is 5.92 Å². The van der Waals surface area contributed by atoms with Gasteiger partial charge in [0.05, 0.1) is 35.5 Å². The smallest absolute Gasteiger partial charge is 0.320 e. The Morgan fingerprint density at radius 3 is 1.82 bits per heavy atom. The number of benzene rings is 3. The van der Waals surface area contributed by atoms with E-state index in [9.17, 15) is 9.59 Å². The largest absolute Gasteiger partial charge is 0.496 e. The van der Waals surface area contributed by atoms with Crippen molar-refractivity contribution in [3.8, 4) is 17.2 Å². The Morgan fingerprint density at radius 2 is 1.30 bits per heavy atom. The van der Waals surface area contributed by atoms with Crippen molar-refractivity contribution < 1.29 is 33.3 Å². The first kappa shape index (κ1) is 23.9. The molecular weight excluding hydrogens is 424 g/mol. The van der Waals surface area contributed by atoms with Crippen molar-refractivity contribution in [2.24, 2.45) is 5.92 Å². The highest BCUT2D eigenvalue weighted by atomic mass is 16.5. The third-order valence-electron chi connectivity index (χ3n) is 5.72. The van der Waals surface area contributed by atoms with Crippen LogP contribution in [0.3, 0.4) is 0 Å². The number of carbonyl (C=O) groups is 2. The topological polar surface area (TPSA) is 80.3 Å². The molecule has 0 saturated heterocycles. The van der Waals surface area contributed by atoms with E-state index in [4.69, 9.17) is 23.7 Å². The SMILES string of the molecule is COC(=O)C(CC(c1ccc2ccccc2c1)c1c(OC)cc(OC)cc1OC)C(=O)OC. The van der Waals surface area contributed by atoms with Gasteiger partial charge in [-0.15, -0.1) is 0 Å². The van der Waals surface area contributed by atoms with Crippen LogP contribution < -0.4 is 14.2 Å². The Morgan fingerprint density at radius 1 is 0.727 bits per heavy atom. The molecule has 3 aromatic rings. The molecule has 0 N–H and O–H groups in total. The van der Waals surface area contributed by atoms with Crippen molar-refractivity contribution in [2.75, 3.05) is 35.5 Å². The average molecular weight is 453 g/mol. The highest BCUT2D eigenvalue weighted by Gasteiger charge is 2.35. The fourth-order valence-corrected chi connectivity index (χ4v) is 4.03. The molecule has 0 bridgehead atoms. The molecular formula is C26H28O7. The van der Waals surface area contributed by atoms with Crippen LogP contribution in [0.4, 0.5) is 0 Å². The lowest BCUT2D eigenvalue weighted by Crippen LogP contribution is -2.28. The summed E-state index contributed by atoms with van der Waals surface area (Å²) < 4.78 is 26.6. The van der Waals surface area contributed by atoms with Gasteiger partial charge in [0.25, 0.3) is 0 Å². The van der Waals surface area contributed by atoms with E-state index in [2.05, 4.69) is 0 Å². The second kappa shape index (κ2) is 10.7. The van der Waals surface area contributed by atoms with Crippen molar-refractivity contribution in [1.29, 1.82) is 0 Å². The van der Waals surface area contributed by atoms with E-state index in [0.29, 0.717) is 22.8 Å². The molecule has 0 spiro atoms. The van der Waals surface area contributed by atoms with Gasteiger partial charge in [-0.2, -0.15) is 0 Å². The zero-order valence-corrected chi connectivity index (χ0v) is 19.4. The summed E-state index contributed by atoms with van der Waals surface area (Å²) in [5.74, 6) is -1.34. The number of rotatable bonds is 9. The maximum Gasteiger partial charge on any atom is 0.320 e. The van der Waals surface area contributed by atoms with Crippen molar-refractivity contribution >= 4 is 22.7 Å². The van der Waals surface area contributed by atoms with Gasteiger partial charge < -0.3 is 23.7 Å². The molecule has 0 aliphatic carbocycles. The van der Waals surface area contributed by atoms with E-state index >= 15 is 0 Å². The fraction of sp³-hybridized carbons (Fsp3) is 0.308. The van der Waals surface area contributed by atoms with Crippen LogP contribution in [0.5, 0.6) is 17.2 Å². The van der Waals surface area contributed by atoms with Gasteiger partial charge in [-0.1, -0.05) is 42.5 Å². The summed E-state index contributed by atoms with van der Waals surface area (Å²) in [7, 11) is 7.15. The first-order valence-corrected chi connectivity index (χ1v) is 10.4. The van der Waals surface area contributed by atoms with Crippen LogP contribution in [-0.4, -0.2) is 47.5 Å². The molecule has 174 valence electrons. The highest BCUT2D eigenvalue weighted by molar-refractivity contribution is 5.95. The summed E-state index contributed by atoms with van der Waals surface area (Å²) in [4.78, 5) is 25.1. The Labute approximate surface area is 193 Å². The zero-order chi connectivity index (χ0) is 24.0. The molecule has 1 atom stereocenters. The van der Waals surface area contributed by atoms with Gasteiger partial charge in [-0.25, -0.2) is 0 Å². The fourth-order valence-electron chi connectivity index (χ4n) is 4.03. The minimum absolute atomic E-state index is 0.0940. The van der Waals surface area contributed by atoms with Crippen LogP contribution in [0, 0.1) is 5.92 Å². The van der Waals surface area contributed by atoms with Crippen LogP contribution in [0.2, 0.25) is 0 Å². The van der Waals surface area contributed by atoms with Crippen molar-refractivity contribution in [2.45, 2.75) is 12.3 Å². The third kappa shape index (κ3) is 5.03. The number of esters is 2. The van der Waals surface area contributed by atoms with Gasteiger partial charge in [0.1, 0.15) is 17.2 Å². The van der Waals surface area contributed by atoms with E-state index < -0.39 is 23.8 Å². The normalized spacial score (nSPS) is 11.7. The molecule has 7 nitrogen and oxygen atoms in total. The van der Waals surface area contributed by atoms with Crippen LogP contribution in [0.15, 0.2) is 54.6 Å². The summed E-state index contributed by atoms with van der Waals surface area (Å²) in [6.45, 7) is 0. The third-order valence-corrected chi connectivity index (χ3v) is 5.72. The molecule has 1 unspecified atom stereocenters. The lowest BCUT2D eigenvalue weighted by molar-refractivity contribution is -0.159. The quantitative estimate of drug-likeness (QED) is 0.353. The predicted molar refractivity (Wildman–Crippen MR) is 124 cm³/mol. The Kier molecular flexibility index (Phi) is 7.77.